The number of aliphatic hydroxyl groups excluding tert-OH is 4. The molecule has 1 aliphatic heterocycles. The number of nitrogens with two attached hydrogens (primary N) is 1. The highest BCUT2D eigenvalue weighted by molar-refractivity contribution is 7.87. The summed E-state index contributed by atoms with van der Waals surface area (Å²) in [5, 5.41) is 45.1. The van der Waals surface area contributed by atoms with Crippen LogP contribution in [0, 0.1) is 0 Å². The summed E-state index contributed by atoms with van der Waals surface area (Å²) in [6.07, 6.45) is 0.402. The summed E-state index contributed by atoms with van der Waals surface area (Å²) in [5.74, 6) is 0. The number of aliphatic hydroxyl groups is 4. The molecule has 0 amide bonds. The highest BCUT2D eigenvalue weighted by Crippen LogP contribution is 2.27. The monoisotopic (exact) mass is 502 g/mol. The first-order valence-corrected chi connectivity index (χ1v) is 12.3. The van der Waals surface area contributed by atoms with E-state index in [1.165, 1.54) is 6.08 Å². The fourth-order valence-corrected chi connectivity index (χ4v) is 3.91. The number of aryl methyl sites for hydroxylation is 1. The first-order chi connectivity index (χ1) is 15.5. The third-order valence-electron chi connectivity index (χ3n) is 5.23. The van der Waals surface area contributed by atoms with Gasteiger partial charge in [-0.1, -0.05) is 54.6 Å². The minimum atomic E-state index is -3.71. The number of ether oxygens (including phenoxy) is 1. The van der Waals surface area contributed by atoms with Crippen molar-refractivity contribution in [1.29, 1.82) is 0 Å². The molecule has 184 valence electrons. The van der Waals surface area contributed by atoms with E-state index in [4.69, 9.17) is 21.5 Å². The zero-order valence-electron chi connectivity index (χ0n) is 18.0. The topological polar surface area (TPSA) is 162 Å². The number of hydrogen-bond acceptors (Lipinski definition) is 7. The molecule has 1 saturated heterocycles. The fourth-order valence-electron chi connectivity index (χ4n) is 3.46. The van der Waals surface area contributed by atoms with E-state index in [9.17, 15) is 28.8 Å². The standard InChI is InChI=1S/C22H31ClN2O7S/c1-14(23)5-10-17(22-21(29)20(28)19(27)18(13-26)32-22)4-2-3-15-6-8-16(9-7-15)11-12-25-33(24,30)31/h4-10,18-22,25-29H,1-3,11-13H2,(H2,24,30,31). The van der Waals surface area contributed by atoms with Gasteiger partial charge in [-0.25, -0.2) is 9.86 Å². The van der Waals surface area contributed by atoms with Crippen molar-refractivity contribution in [3.63, 3.8) is 0 Å². The van der Waals surface area contributed by atoms with Crippen LogP contribution in [0.4, 0.5) is 0 Å². The molecule has 1 aromatic carbocycles. The number of allylic oxidation sites excluding steroid dienone is 3. The van der Waals surface area contributed by atoms with E-state index in [0.717, 1.165) is 11.1 Å². The molecule has 9 nitrogen and oxygen atoms in total. The molecule has 0 spiro atoms. The van der Waals surface area contributed by atoms with Crippen LogP contribution in [-0.2, 0) is 27.8 Å². The van der Waals surface area contributed by atoms with Crippen LogP contribution in [0.1, 0.15) is 17.5 Å². The molecule has 1 heterocycles. The van der Waals surface area contributed by atoms with Crippen molar-refractivity contribution in [2.45, 2.75) is 49.8 Å². The maximum Gasteiger partial charge on any atom is 0.274 e. The Morgan fingerprint density at radius 1 is 1.09 bits per heavy atom. The van der Waals surface area contributed by atoms with Crippen LogP contribution in [0.15, 0.2) is 59.7 Å². The third-order valence-corrected chi connectivity index (χ3v) is 5.96. The molecule has 0 aliphatic carbocycles. The summed E-state index contributed by atoms with van der Waals surface area (Å²) in [7, 11) is -3.71. The van der Waals surface area contributed by atoms with Gasteiger partial charge in [0, 0.05) is 11.6 Å². The average Bonchev–Trinajstić information content (AvgIpc) is 2.75. The molecule has 0 bridgehead atoms. The summed E-state index contributed by atoms with van der Waals surface area (Å²) in [5.41, 5.74) is 2.52. The first-order valence-electron chi connectivity index (χ1n) is 10.4. The Labute approximate surface area is 199 Å². The third kappa shape index (κ3) is 8.93. The molecule has 0 radical (unpaired) electrons. The van der Waals surface area contributed by atoms with Crippen molar-refractivity contribution < 1.29 is 33.6 Å². The van der Waals surface area contributed by atoms with E-state index < -0.39 is 47.3 Å². The number of rotatable bonds is 11. The second-order valence-corrected chi connectivity index (χ2v) is 9.64. The summed E-state index contributed by atoms with van der Waals surface area (Å²) in [4.78, 5) is 0. The van der Waals surface area contributed by atoms with Gasteiger partial charge in [-0.2, -0.15) is 8.42 Å². The van der Waals surface area contributed by atoms with E-state index in [1.807, 2.05) is 30.3 Å². The van der Waals surface area contributed by atoms with Gasteiger partial charge in [0.05, 0.1) is 6.61 Å². The molecule has 11 heteroatoms. The second-order valence-electron chi connectivity index (χ2n) is 7.78. The van der Waals surface area contributed by atoms with Crippen molar-refractivity contribution in [3.8, 4) is 0 Å². The number of nitrogens with one attached hydrogen (secondary N) is 1. The Morgan fingerprint density at radius 2 is 1.70 bits per heavy atom. The van der Waals surface area contributed by atoms with Crippen molar-refractivity contribution in [3.05, 3.63) is 70.8 Å². The van der Waals surface area contributed by atoms with E-state index in [2.05, 4.69) is 11.3 Å². The molecule has 7 N–H and O–H groups in total. The molecular weight excluding hydrogens is 472 g/mol. The van der Waals surface area contributed by atoms with Gasteiger partial charge in [-0.05, 0) is 42.0 Å². The Kier molecular flexibility index (Phi) is 10.7. The lowest BCUT2D eigenvalue weighted by Gasteiger charge is -2.40. The van der Waals surface area contributed by atoms with Gasteiger partial charge < -0.3 is 25.2 Å². The summed E-state index contributed by atoms with van der Waals surface area (Å²) >= 11 is 5.82. The van der Waals surface area contributed by atoms with E-state index in [1.54, 1.807) is 6.08 Å². The Balaban J connectivity index is 2.06. The summed E-state index contributed by atoms with van der Waals surface area (Å²) in [6, 6.07) is 7.67. The summed E-state index contributed by atoms with van der Waals surface area (Å²) < 4.78 is 29.7. The minimum Gasteiger partial charge on any atom is -0.394 e. The molecule has 1 fully saturated rings. The molecule has 0 saturated carbocycles. The van der Waals surface area contributed by atoms with Gasteiger partial charge in [0.15, 0.2) is 0 Å². The molecule has 33 heavy (non-hydrogen) atoms. The Bertz CT molecular complexity index is 948. The van der Waals surface area contributed by atoms with Crippen LogP contribution >= 0.6 is 11.6 Å². The number of hydrogen-bond donors (Lipinski definition) is 6. The zero-order chi connectivity index (χ0) is 24.6. The highest BCUT2D eigenvalue weighted by atomic mass is 35.5. The van der Waals surface area contributed by atoms with E-state index in [0.29, 0.717) is 24.8 Å². The van der Waals surface area contributed by atoms with E-state index in [-0.39, 0.29) is 11.6 Å². The van der Waals surface area contributed by atoms with Crippen molar-refractivity contribution in [2.24, 2.45) is 5.14 Å². The predicted octanol–water partition coefficient (Wildman–Crippen LogP) is 0.0323. The largest absolute Gasteiger partial charge is 0.394 e. The molecule has 2 rings (SSSR count). The van der Waals surface area contributed by atoms with Crippen LogP contribution in [-0.4, -0.2) is 72.5 Å². The number of benzene rings is 1. The van der Waals surface area contributed by atoms with E-state index >= 15 is 0 Å². The van der Waals surface area contributed by atoms with Crippen LogP contribution in [0.25, 0.3) is 0 Å². The average molecular weight is 503 g/mol. The first kappa shape index (κ1) is 27.6. The van der Waals surface area contributed by atoms with Crippen LogP contribution < -0.4 is 9.86 Å². The molecule has 1 aliphatic rings. The molecule has 5 unspecified atom stereocenters. The molecule has 1 aromatic rings. The van der Waals surface area contributed by atoms with Crippen LogP contribution in [0.3, 0.4) is 0 Å². The number of halogens is 1. The van der Waals surface area contributed by atoms with Crippen molar-refractivity contribution in [2.75, 3.05) is 13.2 Å². The van der Waals surface area contributed by atoms with Crippen LogP contribution in [0.2, 0.25) is 0 Å². The van der Waals surface area contributed by atoms with Crippen molar-refractivity contribution in [1.82, 2.24) is 4.72 Å². The van der Waals surface area contributed by atoms with Gasteiger partial charge in [0.1, 0.15) is 30.5 Å². The Morgan fingerprint density at radius 3 is 2.24 bits per heavy atom. The molecular formula is C22H31ClN2O7S. The second kappa shape index (κ2) is 12.7. The smallest absolute Gasteiger partial charge is 0.274 e. The van der Waals surface area contributed by atoms with Gasteiger partial charge >= 0.3 is 0 Å². The normalized spacial score (nSPS) is 26.6. The lowest BCUT2D eigenvalue weighted by atomic mass is 9.90. The van der Waals surface area contributed by atoms with Crippen LogP contribution in [0.5, 0.6) is 0 Å². The Hall–Kier alpha value is -1.60. The minimum absolute atomic E-state index is 0.210. The maximum absolute atomic E-state index is 10.9. The molecule has 5 atom stereocenters. The maximum atomic E-state index is 10.9. The van der Waals surface area contributed by atoms with Gasteiger partial charge in [0.25, 0.3) is 10.2 Å². The SMILES string of the molecule is C=C(Cl)C=CC(=CCCc1ccc(CCNS(N)(=O)=O)cc1)C1OC(CO)C(O)C(O)C1O. The lowest BCUT2D eigenvalue weighted by molar-refractivity contribution is -0.218. The van der Waals surface area contributed by atoms with Gasteiger partial charge in [-0.3, -0.25) is 0 Å². The fraction of sp³-hybridized carbons (Fsp3) is 0.455. The van der Waals surface area contributed by atoms with Gasteiger partial charge in [0.2, 0.25) is 0 Å². The predicted molar refractivity (Wildman–Crippen MR) is 126 cm³/mol. The van der Waals surface area contributed by atoms with Gasteiger partial charge in [-0.15, -0.1) is 0 Å². The molecule has 0 aromatic heterocycles. The quantitative estimate of drug-likeness (QED) is 0.232. The summed E-state index contributed by atoms with van der Waals surface area (Å²) in [6.45, 7) is 3.29. The highest BCUT2D eigenvalue weighted by Gasteiger charge is 2.44. The van der Waals surface area contributed by atoms with Crippen molar-refractivity contribution >= 4 is 21.8 Å². The lowest BCUT2D eigenvalue weighted by Crippen LogP contribution is -2.58. The zero-order valence-corrected chi connectivity index (χ0v) is 19.6.